The maximum atomic E-state index is 4.26. The third kappa shape index (κ3) is 1.62. The fourth-order valence-electron chi connectivity index (χ4n) is 1.06. The predicted molar refractivity (Wildman–Crippen MR) is 53.8 cm³/mol. The Bertz CT molecular complexity index is 409. The van der Waals surface area contributed by atoms with Gasteiger partial charge in [0.1, 0.15) is 12.1 Å². The standard InChI is InChI=1S/C9H8BrN3/c1-7-4-9(12-5-8(7)10)13-3-2-11-6-13/h2-6H,1H3. The van der Waals surface area contributed by atoms with Crippen LogP contribution in [0.25, 0.3) is 5.82 Å². The van der Waals surface area contributed by atoms with Gasteiger partial charge in [-0.25, -0.2) is 9.97 Å². The number of hydrogen-bond donors (Lipinski definition) is 0. The van der Waals surface area contributed by atoms with Crippen molar-refractivity contribution < 1.29 is 0 Å². The molecule has 0 aliphatic heterocycles. The second kappa shape index (κ2) is 3.30. The Hall–Kier alpha value is -1.16. The Kier molecular flexibility index (Phi) is 2.14. The molecule has 0 N–H and O–H groups in total. The highest BCUT2D eigenvalue weighted by molar-refractivity contribution is 9.10. The van der Waals surface area contributed by atoms with Gasteiger partial charge in [0.05, 0.1) is 0 Å². The van der Waals surface area contributed by atoms with Crippen LogP contribution in [0.2, 0.25) is 0 Å². The van der Waals surface area contributed by atoms with Crippen molar-refractivity contribution in [2.75, 3.05) is 0 Å². The second-order valence-electron chi connectivity index (χ2n) is 2.76. The lowest BCUT2D eigenvalue weighted by atomic mass is 10.3. The van der Waals surface area contributed by atoms with Crippen molar-refractivity contribution in [3.05, 3.63) is 41.0 Å². The lowest BCUT2D eigenvalue weighted by Crippen LogP contribution is -1.94. The quantitative estimate of drug-likeness (QED) is 0.763. The average Bonchev–Trinajstić information content (AvgIpc) is 2.62. The molecule has 2 aromatic rings. The third-order valence-corrected chi connectivity index (χ3v) is 2.63. The smallest absolute Gasteiger partial charge is 0.138 e. The van der Waals surface area contributed by atoms with E-state index in [0.717, 1.165) is 10.3 Å². The van der Waals surface area contributed by atoms with E-state index in [4.69, 9.17) is 0 Å². The molecule has 0 saturated carbocycles. The third-order valence-electron chi connectivity index (χ3n) is 1.80. The molecule has 66 valence electrons. The molecule has 0 unspecified atom stereocenters. The van der Waals surface area contributed by atoms with Crippen LogP contribution in [-0.4, -0.2) is 14.5 Å². The molecule has 0 fully saturated rings. The molecule has 3 nitrogen and oxygen atoms in total. The summed E-state index contributed by atoms with van der Waals surface area (Å²) in [7, 11) is 0. The number of imidazole rings is 1. The van der Waals surface area contributed by atoms with Crippen molar-refractivity contribution in [2.24, 2.45) is 0 Å². The summed E-state index contributed by atoms with van der Waals surface area (Å²) in [5.74, 6) is 0.887. The van der Waals surface area contributed by atoms with Crippen molar-refractivity contribution in [3.63, 3.8) is 0 Å². The van der Waals surface area contributed by atoms with E-state index < -0.39 is 0 Å². The molecule has 4 heteroatoms. The first-order valence-corrected chi connectivity index (χ1v) is 4.67. The Morgan fingerprint density at radius 1 is 1.46 bits per heavy atom. The van der Waals surface area contributed by atoms with Gasteiger partial charge in [0, 0.05) is 23.1 Å². The minimum atomic E-state index is 0.887. The van der Waals surface area contributed by atoms with Gasteiger partial charge in [0.25, 0.3) is 0 Å². The highest BCUT2D eigenvalue weighted by atomic mass is 79.9. The number of aryl methyl sites for hydroxylation is 1. The van der Waals surface area contributed by atoms with Crippen molar-refractivity contribution in [1.82, 2.24) is 14.5 Å². The fraction of sp³-hybridized carbons (Fsp3) is 0.111. The molecule has 0 bridgehead atoms. The fourth-order valence-corrected chi connectivity index (χ4v) is 1.28. The van der Waals surface area contributed by atoms with E-state index in [-0.39, 0.29) is 0 Å². The normalized spacial score (nSPS) is 10.3. The van der Waals surface area contributed by atoms with E-state index in [1.54, 1.807) is 18.7 Å². The molecular formula is C9H8BrN3. The summed E-state index contributed by atoms with van der Waals surface area (Å²) in [6.07, 6.45) is 7.13. The highest BCUT2D eigenvalue weighted by Crippen LogP contribution is 2.16. The van der Waals surface area contributed by atoms with Crippen LogP contribution in [0.3, 0.4) is 0 Å². The van der Waals surface area contributed by atoms with Crippen LogP contribution in [0.1, 0.15) is 5.56 Å². The molecular weight excluding hydrogens is 230 g/mol. The summed E-state index contributed by atoms with van der Waals surface area (Å²) in [4.78, 5) is 8.22. The molecule has 0 amide bonds. The number of pyridine rings is 1. The van der Waals surface area contributed by atoms with Gasteiger partial charge in [-0.3, -0.25) is 4.57 Å². The van der Waals surface area contributed by atoms with Crippen LogP contribution >= 0.6 is 15.9 Å². The zero-order valence-electron chi connectivity index (χ0n) is 7.11. The topological polar surface area (TPSA) is 30.7 Å². The number of rotatable bonds is 1. The van der Waals surface area contributed by atoms with Crippen LogP contribution in [-0.2, 0) is 0 Å². The molecule has 0 saturated heterocycles. The minimum absolute atomic E-state index is 0.887. The summed E-state index contributed by atoms with van der Waals surface area (Å²) in [6.45, 7) is 2.03. The molecule has 2 aromatic heterocycles. The van der Waals surface area contributed by atoms with E-state index in [2.05, 4.69) is 25.9 Å². The van der Waals surface area contributed by atoms with E-state index >= 15 is 0 Å². The molecule has 0 aliphatic rings. The Labute approximate surface area is 84.6 Å². The van der Waals surface area contributed by atoms with Gasteiger partial charge in [0.2, 0.25) is 0 Å². The van der Waals surface area contributed by atoms with Crippen molar-refractivity contribution in [1.29, 1.82) is 0 Å². The van der Waals surface area contributed by atoms with Crippen molar-refractivity contribution in [3.8, 4) is 5.82 Å². The average molecular weight is 238 g/mol. The van der Waals surface area contributed by atoms with E-state index in [1.807, 2.05) is 23.8 Å². The molecule has 13 heavy (non-hydrogen) atoms. The summed E-state index contributed by atoms with van der Waals surface area (Å²) in [6, 6.07) is 2.01. The first-order valence-electron chi connectivity index (χ1n) is 3.88. The largest absolute Gasteiger partial charge is 0.291 e. The van der Waals surface area contributed by atoms with E-state index in [0.29, 0.717) is 0 Å². The SMILES string of the molecule is Cc1cc(-n2ccnc2)ncc1Br. The second-order valence-corrected chi connectivity index (χ2v) is 3.62. The van der Waals surface area contributed by atoms with Crippen molar-refractivity contribution >= 4 is 15.9 Å². The van der Waals surface area contributed by atoms with E-state index in [1.165, 1.54) is 5.56 Å². The van der Waals surface area contributed by atoms with Gasteiger partial charge in [-0.2, -0.15) is 0 Å². The highest BCUT2D eigenvalue weighted by Gasteiger charge is 1.99. The predicted octanol–water partition coefficient (Wildman–Crippen LogP) is 2.34. The first kappa shape index (κ1) is 8.44. The molecule has 0 atom stereocenters. The Morgan fingerprint density at radius 2 is 2.31 bits per heavy atom. The van der Waals surface area contributed by atoms with Crippen LogP contribution < -0.4 is 0 Å². The van der Waals surface area contributed by atoms with Gasteiger partial charge < -0.3 is 0 Å². The molecule has 0 aliphatic carbocycles. The zero-order valence-corrected chi connectivity index (χ0v) is 8.69. The van der Waals surface area contributed by atoms with Crippen molar-refractivity contribution in [2.45, 2.75) is 6.92 Å². The van der Waals surface area contributed by atoms with Gasteiger partial charge in [0.15, 0.2) is 0 Å². The molecule has 0 aromatic carbocycles. The minimum Gasteiger partial charge on any atom is -0.291 e. The maximum Gasteiger partial charge on any atom is 0.138 e. The zero-order chi connectivity index (χ0) is 9.26. The van der Waals surface area contributed by atoms with Crippen LogP contribution in [0.4, 0.5) is 0 Å². The van der Waals surface area contributed by atoms with Crippen LogP contribution in [0.5, 0.6) is 0 Å². The number of nitrogens with zero attached hydrogens (tertiary/aromatic N) is 3. The van der Waals surface area contributed by atoms with Crippen LogP contribution in [0.15, 0.2) is 35.5 Å². The van der Waals surface area contributed by atoms with Gasteiger partial charge >= 0.3 is 0 Å². The Morgan fingerprint density at radius 3 is 2.92 bits per heavy atom. The monoisotopic (exact) mass is 237 g/mol. The summed E-state index contributed by atoms with van der Waals surface area (Å²) in [5.41, 5.74) is 1.17. The number of hydrogen-bond acceptors (Lipinski definition) is 2. The molecule has 0 spiro atoms. The Balaban J connectivity index is 2.49. The van der Waals surface area contributed by atoms with Crippen LogP contribution in [0, 0.1) is 6.92 Å². The lowest BCUT2D eigenvalue weighted by Gasteiger charge is -2.02. The summed E-state index contributed by atoms with van der Waals surface area (Å²) in [5, 5.41) is 0. The molecule has 0 radical (unpaired) electrons. The molecule has 2 rings (SSSR count). The number of aromatic nitrogens is 3. The maximum absolute atomic E-state index is 4.26. The lowest BCUT2D eigenvalue weighted by molar-refractivity contribution is 0.985. The van der Waals surface area contributed by atoms with Gasteiger partial charge in [-0.15, -0.1) is 0 Å². The van der Waals surface area contributed by atoms with E-state index in [9.17, 15) is 0 Å². The first-order chi connectivity index (χ1) is 6.27. The van der Waals surface area contributed by atoms with Gasteiger partial charge in [-0.1, -0.05) is 0 Å². The van der Waals surface area contributed by atoms with Gasteiger partial charge in [-0.05, 0) is 34.5 Å². The summed E-state index contributed by atoms with van der Waals surface area (Å²) < 4.78 is 2.90. The molecule has 2 heterocycles. The number of halogens is 1. The summed E-state index contributed by atoms with van der Waals surface area (Å²) >= 11 is 3.41.